The molecule has 2 aliphatic rings. The van der Waals surface area contributed by atoms with Crippen molar-refractivity contribution < 1.29 is 9.53 Å². The van der Waals surface area contributed by atoms with E-state index in [4.69, 9.17) is 4.74 Å². The molecule has 0 saturated carbocycles. The number of hydrogen-bond donors (Lipinski definition) is 1. The highest BCUT2D eigenvalue weighted by atomic mass is 16.5. The van der Waals surface area contributed by atoms with Gasteiger partial charge in [-0.25, -0.2) is 0 Å². The third kappa shape index (κ3) is 2.82. The van der Waals surface area contributed by atoms with E-state index in [1.54, 1.807) is 0 Å². The van der Waals surface area contributed by atoms with Gasteiger partial charge in [0.05, 0.1) is 18.8 Å². The van der Waals surface area contributed by atoms with Gasteiger partial charge in [0.15, 0.2) is 0 Å². The van der Waals surface area contributed by atoms with Crippen molar-refractivity contribution in [3.8, 4) is 0 Å². The number of rotatable bonds is 1. The summed E-state index contributed by atoms with van der Waals surface area (Å²) < 4.78 is 5.86. The molecule has 2 aromatic rings. The minimum Gasteiger partial charge on any atom is -0.379 e. The number of aromatic nitrogens is 1. The summed E-state index contributed by atoms with van der Waals surface area (Å²) in [5, 5.41) is 1.01. The van der Waals surface area contributed by atoms with E-state index in [0.717, 1.165) is 68.7 Å². The summed E-state index contributed by atoms with van der Waals surface area (Å²) in [6.45, 7) is 5.14. The van der Waals surface area contributed by atoms with Gasteiger partial charge in [-0.15, -0.1) is 0 Å². The van der Waals surface area contributed by atoms with E-state index in [9.17, 15) is 4.79 Å². The fourth-order valence-electron chi connectivity index (χ4n) is 4.25. The maximum atomic E-state index is 13.1. The number of para-hydroxylation sites is 1. The molecule has 1 atom stereocenters. The number of aromatic amines is 1. The Hall–Kier alpha value is -1.85. The first-order valence-electron chi connectivity index (χ1n) is 8.79. The van der Waals surface area contributed by atoms with Crippen LogP contribution < -0.4 is 0 Å². The number of piperidine rings is 1. The number of nitrogens with one attached hydrogen (secondary N) is 1. The minimum atomic E-state index is 0.0747. The number of H-pyrrole nitrogens is 1. The van der Waals surface area contributed by atoms with E-state index in [2.05, 4.69) is 16.9 Å². The average molecular weight is 327 g/mol. The minimum absolute atomic E-state index is 0.0747. The molecular weight excluding hydrogens is 302 g/mol. The average Bonchev–Trinajstić information content (AvgIpc) is 2.94. The number of carbonyl (C=O) groups excluding carboxylic acids is 1. The summed E-state index contributed by atoms with van der Waals surface area (Å²) >= 11 is 0. The third-order valence-corrected chi connectivity index (χ3v) is 5.40. The third-order valence-electron chi connectivity index (χ3n) is 5.40. The Morgan fingerprint density at radius 3 is 3.04 bits per heavy atom. The molecule has 1 aromatic heterocycles. The highest BCUT2D eigenvalue weighted by Gasteiger charge is 2.39. The molecule has 3 heterocycles. The second-order valence-electron chi connectivity index (χ2n) is 7.37. The number of hydrogen-bond acceptors (Lipinski definition) is 3. The molecule has 24 heavy (non-hydrogen) atoms. The Kier molecular flexibility index (Phi) is 4.06. The van der Waals surface area contributed by atoms with E-state index in [1.807, 2.05) is 35.4 Å². The lowest BCUT2D eigenvalue weighted by atomic mass is 9.80. The molecule has 1 spiro atoms. The first-order valence-corrected chi connectivity index (χ1v) is 8.79. The van der Waals surface area contributed by atoms with Gasteiger partial charge < -0.3 is 19.5 Å². The molecule has 5 nitrogen and oxygen atoms in total. The maximum Gasteiger partial charge on any atom is 0.256 e. The van der Waals surface area contributed by atoms with Crippen molar-refractivity contribution in [1.29, 1.82) is 0 Å². The molecule has 2 aliphatic heterocycles. The summed E-state index contributed by atoms with van der Waals surface area (Å²) in [5.74, 6) is 0.137. The van der Waals surface area contributed by atoms with Crippen molar-refractivity contribution in [3.63, 3.8) is 0 Å². The fourth-order valence-corrected chi connectivity index (χ4v) is 4.25. The molecule has 0 aliphatic carbocycles. The SMILES string of the molecule is CN1CCOCC2(CCCN(C(=O)c3c[nH]c4ccccc34)C2)C1. The summed E-state index contributed by atoms with van der Waals surface area (Å²) in [4.78, 5) is 20.7. The number of carbonyl (C=O) groups is 1. The standard InChI is InChI=1S/C19H25N3O2/c1-21-9-10-24-14-19(12-21)7-4-8-22(13-19)18(23)16-11-20-17-6-3-2-5-15(16)17/h2-3,5-6,11,20H,4,7-10,12-14H2,1H3. The largest absolute Gasteiger partial charge is 0.379 e. The van der Waals surface area contributed by atoms with Crippen LogP contribution in [0.25, 0.3) is 10.9 Å². The second-order valence-corrected chi connectivity index (χ2v) is 7.37. The van der Waals surface area contributed by atoms with Gasteiger partial charge in [0.2, 0.25) is 0 Å². The molecular formula is C19H25N3O2. The van der Waals surface area contributed by atoms with E-state index in [0.29, 0.717) is 0 Å². The number of benzene rings is 1. The van der Waals surface area contributed by atoms with Crippen LogP contribution in [-0.4, -0.2) is 67.1 Å². The van der Waals surface area contributed by atoms with E-state index >= 15 is 0 Å². The molecule has 1 N–H and O–H groups in total. The van der Waals surface area contributed by atoms with Gasteiger partial charge in [-0.1, -0.05) is 18.2 Å². The molecule has 1 amide bonds. The summed E-state index contributed by atoms with van der Waals surface area (Å²) in [6.07, 6.45) is 4.03. The Morgan fingerprint density at radius 2 is 2.12 bits per heavy atom. The lowest BCUT2D eigenvalue weighted by Crippen LogP contribution is -2.51. The Balaban J connectivity index is 1.58. The second kappa shape index (κ2) is 6.22. The predicted molar refractivity (Wildman–Crippen MR) is 94.2 cm³/mol. The van der Waals surface area contributed by atoms with Crippen molar-refractivity contribution >= 4 is 16.8 Å². The van der Waals surface area contributed by atoms with Crippen molar-refractivity contribution in [2.24, 2.45) is 5.41 Å². The van der Waals surface area contributed by atoms with Crippen LogP contribution in [0.15, 0.2) is 30.5 Å². The highest BCUT2D eigenvalue weighted by molar-refractivity contribution is 6.06. The van der Waals surface area contributed by atoms with Crippen LogP contribution in [0.3, 0.4) is 0 Å². The number of nitrogens with zero attached hydrogens (tertiary/aromatic N) is 2. The fraction of sp³-hybridized carbons (Fsp3) is 0.526. The maximum absolute atomic E-state index is 13.1. The van der Waals surface area contributed by atoms with Crippen molar-refractivity contribution in [1.82, 2.24) is 14.8 Å². The zero-order chi connectivity index (χ0) is 16.6. The van der Waals surface area contributed by atoms with Crippen LogP contribution >= 0.6 is 0 Å². The molecule has 1 unspecified atom stereocenters. The zero-order valence-electron chi connectivity index (χ0n) is 14.3. The van der Waals surface area contributed by atoms with Gasteiger partial charge in [0, 0.05) is 48.7 Å². The lowest BCUT2D eigenvalue weighted by molar-refractivity contribution is 0.00869. The number of fused-ring (bicyclic) bond motifs is 1. The number of ether oxygens (including phenoxy) is 1. The van der Waals surface area contributed by atoms with Crippen LogP contribution in [0.1, 0.15) is 23.2 Å². The quantitative estimate of drug-likeness (QED) is 0.875. The first kappa shape index (κ1) is 15.7. The molecule has 5 heteroatoms. The number of likely N-dealkylation sites (N-methyl/N-ethyl adjacent to an activating group) is 1. The molecule has 2 saturated heterocycles. The van der Waals surface area contributed by atoms with Gasteiger partial charge in [-0.3, -0.25) is 4.79 Å². The first-order chi connectivity index (χ1) is 11.7. The number of likely N-dealkylation sites (tertiary alicyclic amines) is 1. The van der Waals surface area contributed by atoms with E-state index in [-0.39, 0.29) is 11.3 Å². The van der Waals surface area contributed by atoms with Crippen molar-refractivity contribution in [2.45, 2.75) is 12.8 Å². The summed E-state index contributed by atoms with van der Waals surface area (Å²) in [7, 11) is 2.15. The molecule has 4 rings (SSSR count). The van der Waals surface area contributed by atoms with Crippen LogP contribution in [0, 0.1) is 5.41 Å². The molecule has 0 radical (unpaired) electrons. The normalized spacial score (nSPS) is 26.0. The lowest BCUT2D eigenvalue weighted by Gasteiger charge is -2.43. The molecule has 0 bridgehead atoms. The van der Waals surface area contributed by atoms with E-state index < -0.39 is 0 Å². The predicted octanol–water partition coefficient (Wildman–Crippen LogP) is 2.35. The van der Waals surface area contributed by atoms with Crippen LogP contribution in [0.4, 0.5) is 0 Å². The van der Waals surface area contributed by atoms with Crippen LogP contribution in [0.5, 0.6) is 0 Å². The van der Waals surface area contributed by atoms with Crippen molar-refractivity contribution in [2.75, 3.05) is 46.4 Å². The molecule has 1 aromatic carbocycles. The monoisotopic (exact) mass is 327 g/mol. The van der Waals surface area contributed by atoms with Crippen LogP contribution in [-0.2, 0) is 4.74 Å². The van der Waals surface area contributed by atoms with Crippen molar-refractivity contribution in [3.05, 3.63) is 36.0 Å². The summed E-state index contributed by atoms with van der Waals surface area (Å²) in [6, 6.07) is 8.00. The number of amides is 1. The van der Waals surface area contributed by atoms with Gasteiger partial charge in [-0.2, -0.15) is 0 Å². The van der Waals surface area contributed by atoms with Gasteiger partial charge in [0.25, 0.3) is 5.91 Å². The van der Waals surface area contributed by atoms with Gasteiger partial charge >= 0.3 is 0 Å². The topological polar surface area (TPSA) is 48.6 Å². The van der Waals surface area contributed by atoms with Gasteiger partial charge in [0.1, 0.15) is 0 Å². The molecule has 128 valence electrons. The molecule has 2 fully saturated rings. The smallest absolute Gasteiger partial charge is 0.256 e. The Labute approximate surface area is 142 Å². The van der Waals surface area contributed by atoms with E-state index in [1.165, 1.54) is 0 Å². The van der Waals surface area contributed by atoms with Crippen LogP contribution in [0.2, 0.25) is 0 Å². The zero-order valence-corrected chi connectivity index (χ0v) is 14.3. The van der Waals surface area contributed by atoms with Gasteiger partial charge in [-0.05, 0) is 26.0 Å². The summed E-state index contributed by atoms with van der Waals surface area (Å²) in [5.41, 5.74) is 1.88. The Bertz CT molecular complexity index is 741. The highest BCUT2D eigenvalue weighted by Crippen LogP contribution is 2.33. The Morgan fingerprint density at radius 1 is 1.25 bits per heavy atom.